The van der Waals surface area contributed by atoms with Gasteiger partial charge in [-0.2, -0.15) is 5.26 Å². The lowest BCUT2D eigenvalue weighted by atomic mass is 10.0. The maximum absolute atomic E-state index is 9.46. The van der Waals surface area contributed by atoms with E-state index in [0.717, 1.165) is 28.3 Å². The maximum atomic E-state index is 9.46. The zero-order valence-electron chi connectivity index (χ0n) is 15.4. The fourth-order valence-corrected chi connectivity index (χ4v) is 4.52. The molecule has 0 saturated carbocycles. The minimum atomic E-state index is 0.0287. The van der Waals surface area contributed by atoms with Crippen LogP contribution in [-0.4, -0.2) is 11.1 Å². The van der Waals surface area contributed by atoms with Crippen LogP contribution in [0.25, 0.3) is 21.0 Å². The summed E-state index contributed by atoms with van der Waals surface area (Å²) in [5.74, 6) is 0.614. The molecule has 0 aliphatic heterocycles. The van der Waals surface area contributed by atoms with Crippen LogP contribution in [0.4, 0.5) is 0 Å². The molecule has 0 fully saturated rings. The quantitative estimate of drug-likeness (QED) is 0.690. The second kappa shape index (κ2) is 7.15. The molecule has 2 aromatic carbocycles. The molecule has 1 aliphatic rings. The summed E-state index contributed by atoms with van der Waals surface area (Å²) in [5.41, 5.74) is 11.5. The Morgan fingerprint density at radius 3 is 2.93 bits per heavy atom. The summed E-state index contributed by atoms with van der Waals surface area (Å²) in [5, 5.41) is 10.4. The fraction of sp³-hybridized carbons (Fsp3) is 0.273. The van der Waals surface area contributed by atoms with Crippen molar-refractivity contribution in [1.82, 2.24) is 4.98 Å². The van der Waals surface area contributed by atoms with Crippen LogP contribution >= 0.6 is 11.3 Å². The Kier molecular flexibility index (Phi) is 4.69. The number of nitriles is 1. The number of ether oxygens (including phenoxy) is 1. The molecule has 1 atom stereocenters. The molecular weight excluding hydrogens is 354 g/mol. The molecule has 27 heavy (non-hydrogen) atoms. The van der Waals surface area contributed by atoms with Gasteiger partial charge in [0.25, 0.3) is 0 Å². The molecular formula is C22H21N3OS. The first-order valence-electron chi connectivity index (χ1n) is 9.11. The lowest BCUT2D eigenvalue weighted by molar-refractivity contribution is 0.242. The molecule has 0 unspecified atom stereocenters. The Balaban J connectivity index is 1.69. The largest absolute Gasteiger partial charge is 0.490 e. The van der Waals surface area contributed by atoms with Crippen molar-refractivity contribution in [3.05, 3.63) is 59.3 Å². The molecule has 0 spiro atoms. The van der Waals surface area contributed by atoms with Crippen LogP contribution < -0.4 is 10.5 Å². The van der Waals surface area contributed by atoms with Gasteiger partial charge in [0.2, 0.25) is 0 Å². The van der Waals surface area contributed by atoms with E-state index in [2.05, 4.69) is 29.3 Å². The van der Waals surface area contributed by atoms with Crippen molar-refractivity contribution in [2.45, 2.75) is 38.8 Å². The van der Waals surface area contributed by atoms with Crippen LogP contribution in [0, 0.1) is 11.3 Å². The van der Waals surface area contributed by atoms with Gasteiger partial charge >= 0.3 is 0 Å². The highest BCUT2D eigenvalue weighted by molar-refractivity contribution is 7.18. The number of nitrogens with two attached hydrogens (primary N) is 1. The number of aromatic nitrogens is 1. The van der Waals surface area contributed by atoms with E-state index in [1.165, 1.54) is 16.7 Å². The van der Waals surface area contributed by atoms with Crippen LogP contribution in [0.3, 0.4) is 0 Å². The number of thiazole rings is 1. The van der Waals surface area contributed by atoms with Gasteiger partial charge in [0.05, 0.1) is 16.5 Å². The van der Waals surface area contributed by atoms with E-state index in [1.807, 2.05) is 38.2 Å². The first-order chi connectivity index (χ1) is 13.1. The van der Waals surface area contributed by atoms with Crippen molar-refractivity contribution in [3.8, 4) is 32.8 Å². The Hall–Kier alpha value is -2.68. The van der Waals surface area contributed by atoms with Gasteiger partial charge in [0.1, 0.15) is 16.8 Å². The normalized spacial score (nSPS) is 15.6. The third-order valence-electron chi connectivity index (χ3n) is 4.80. The average molecular weight is 375 g/mol. The Labute approximate surface area is 163 Å². The van der Waals surface area contributed by atoms with Gasteiger partial charge in [-0.15, -0.1) is 11.3 Å². The predicted octanol–water partition coefficient (Wildman–Crippen LogP) is 5.08. The zero-order chi connectivity index (χ0) is 19.0. The minimum absolute atomic E-state index is 0.0287. The SMILES string of the molecule is CC(C)Oc1ccc(-c2ncc(-c3cccc4c3CC[C@@H]4N)s2)cc1C#N. The Bertz CT molecular complexity index is 1030. The number of benzene rings is 2. The minimum Gasteiger partial charge on any atom is -0.490 e. The maximum Gasteiger partial charge on any atom is 0.137 e. The van der Waals surface area contributed by atoms with Crippen molar-refractivity contribution in [2.75, 3.05) is 0 Å². The smallest absolute Gasteiger partial charge is 0.137 e. The van der Waals surface area contributed by atoms with Gasteiger partial charge in [-0.05, 0) is 61.6 Å². The van der Waals surface area contributed by atoms with Gasteiger partial charge in [-0.1, -0.05) is 18.2 Å². The molecule has 1 heterocycles. The van der Waals surface area contributed by atoms with Gasteiger partial charge in [-0.3, -0.25) is 0 Å². The standard InChI is InChI=1S/C22H21N3OS/c1-13(2)26-20-9-6-14(10-15(20)11-23)22-25-12-21(27-22)18-5-3-4-17-16(18)7-8-19(17)24/h3-6,9-10,12-13,19H,7-8,24H2,1-2H3/t19-/m0/s1. The summed E-state index contributed by atoms with van der Waals surface area (Å²) in [6, 6.07) is 14.4. The van der Waals surface area contributed by atoms with Crippen molar-refractivity contribution >= 4 is 11.3 Å². The molecule has 4 nitrogen and oxygen atoms in total. The highest BCUT2D eigenvalue weighted by atomic mass is 32.1. The molecule has 1 aromatic heterocycles. The van der Waals surface area contributed by atoms with E-state index in [4.69, 9.17) is 10.5 Å². The third-order valence-corrected chi connectivity index (χ3v) is 5.88. The number of rotatable bonds is 4. The average Bonchev–Trinajstić information content (AvgIpc) is 3.29. The Morgan fingerprint density at radius 1 is 1.30 bits per heavy atom. The van der Waals surface area contributed by atoms with E-state index in [1.54, 1.807) is 11.3 Å². The molecule has 0 amide bonds. The van der Waals surface area contributed by atoms with Crippen molar-refractivity contribution in [3.63, 3.8) is 0 Å². The summed E-state index contributed by atoms with van der Waals surface area (Å²) in [6.45, 7) is 3.90. The van der Waals surface area contributed by atoms with Crippen LogP contribution in [0.15, 0.2) is 42.6 Å². The van der Waals surface area contributed by atoms with Crippen LogP contribution in [0.5, 0.6) is 5.75 Å². The van der Waals surface area contributed by atoms with Gasteiger partial charge < -0.3 is 10.5 Å². The van der Waals surface area contributed by atoms with E-state index < -0.39 is 0 Å². The van der Waals surface area contributed by atoms with Crippen LogP contribution in [0.2, 0.25) is 0 Å². The summed E-state index contributed by atoms with van der Waals surface area (Å²) in [6.07, 6.45) is 3.96. The number of nitrogens with zero attached hydrogens (tertiary/aromatic N) is 2. The molecule has 0 bridgehead atoms. The van der Waals surface area contributed by atoms with Gasteiger partial charge in [0, 0.05) is 17.8 Å². The molecule has 0 radical (unpaired) electrons. The van der Waals surface area contributed by atoms with E-state index >= 15 is 0 Å². The van der Waals surface area contributed by atoms with Crippen molar-refractivity contribution in [2.24, 2.45) is 5.73 Å². The van der Waals surface area contributed by atoms with E-state index in [9.17, 15) is 5.26 Å². The molecule has 0 saturated heterocycles. The monoisotopic (exact) mass is 375 g/mol. The predicted molar refractivity (Wildman–Crippen MR) is 109 cm³/mol. The van der Waals surface area contributed by atoms with E-state index in [-0.39, 0.29) is 12.1 Å². The van der Waals surface area contributed by atoms with Crippen LogP contribution in [0.1, 0.15) is 43.0 Å². The van der Waals surface area contributed by atoms with Crippen LogP contribution in [-0.2, 0) is 6.42 Å². The molecule has 136 valence electrons. The summed E-state index contributed by atoms with van der Waals surface area (Å²) < 4.78 is 5.71. The Morgan fingerprint density at radius 2 is 2.15 bits per heavy atom. The third kappa shape index (κ3) is 3.34. The summed E-state index contributed by atoms with van der Waals surface area (Å²) in [7, 11) is 0. The van der Waals surface area contributed by atoms with Gasteiger partial charge in [-0.25, -0.2) is 4.98 Å². The molecule has 5 heteroatoms. The number of hydrogen-bond acceptors (Lipinski definition) is 5. The summed E-state index contributed by atoms with van der Waals surface area (Å²) in [4.78, 5) is 5.75. The lowest BCUT2D eigenvalue weighted by Crippen LogP contribution is -2.06. The first-order valence-corrected chi connectivity index (χ1v) is 9.93. The highest BCUT2D eigenvalue weighted by Crippen LogP contribution is 2.40. The zero-order valence-corrected chi connectivity index (χ0v) is 16.2. The lowest BCUT2D eigenvalue weighted by Gasteiger charge is -2.11. The fourth-order valence-electron chi connectivity index (χ4n) is 3.56. The second-order valence-electron chi connectivity index (χ2n) is 7.04. The molecule has 1 aliphatic carbocycles. The van der Waals surface area contributed by atoms with Crippen molar-refractivity contribution in [1.29, 1.82) is 5.26 Å². The number of hydrogen-bond donors (Lipinski definition) is 1. The molecule has 4 rings (SSSR count). The highest BCUT2D eigenvalue weighted by Gasteiger charge is 2.22. The molecule has 3 aromatic rings. The van der Waals surface area contributed by atoms with E-state index in [0.29, 0.717) is 11.3 Å². The van der Waals surface area contributed by atoms with Crippen molar-refractivity contribution < 1.29 is 4.74 Å². The first kappa shape index (κ1) is 17.7. The molecule has 2 N–H and O–H groups in total. The van der Waals surface area contributed by atoms with Gasteiger partial charge in [0.15, 0.2) is 0 Å². The topological polar surface area (TPSA) is 71.9 Å². The second-order valence-corrected chi connectivity index (χ2v) is 8.07. The number of fused-ring (bicyclic) bond motifs is 1. The summed E-state index contributed by atoms with van der Waals surface area (Å²) >= 11 is 1.64.